The maximum absolute atomic E-state index is 13.1. The number of nitrogens with one attached hydrogen (secondary N) is 2. The van der Waals surface area contributed by atoms with E-state index in [1.165, 1.54) is 0 Å². The largest absolute Gasteiger partial charge is 0.493 e. The minimum Gasteiger partial charge on any atom is -0.493 e. The Kier molecular flexibility index (Phi) is 7.82. The molecule has 0 fully saturated rings. The Hall–Kier alpha value is -3.25. The molecule has 0 atom stereocenters. The first-order valence-electron chi connectivity index (χ1n) is 10.8. The monoisotopic (exact) mass is 468 g/mol. The van der Waals surface area contributed by atoms with E-state index in [1.807, 2.05) is 64.1 Å². The third-order valence-corrected chi connectivity index (χ3v) is 5.01. The van der Waals surface area contributed by atoms with Gasteiger partial charge in [0.15, 0.2) is 0 Å². The van der Waals surface area contributed by atoms with Crippen LogP contribution >= 0.6 is 11.6 Å². The second kappa shape index (κ2) is 10.6. The first kappa shape index (κ1) is 24.4. The van der Waals surface area contributed by atoms with Gasteiger partial charge in [-0.2, -0.15) is 0 Å². The lowest BCUT2D eigenvalue weighted by Gasteiger charge is -2.19. The van der Waals surface area contributed by atoms with Crippen LogP contribution in [0.3, 0.4) is 0 Å². The predicted molar refractivity (Wildman–Crippen MR) is 132 cm³/mol. The third kappa shape index (κ3) is 7.12. The Morgan fingerprint density at radius 2 is 1.70 bits per heavy atom. The third-order valence-electron chi connectivity index (χ3n) is 4.78. The minimum absolute atomic E-state index is 0.270. The number of alkyl carbamates (subject to hydrolysis) is 1. The number of carbonyl (C=O) groups is 2. The SMILES string of the molecule is Cc1cc(Cl)ccc1NC(=O)c1cc2ccccc2cc1OCCCNC(=O)OC(C)(C)C. The van der Waals surface area contributed by atoms with Crippen molar-refractivity contribution < 1.29 is 19.1 Å². The van der Waals surface area contributed by atoms with Crippen molar-refractivity contribution in [1.82, 2.24) is 5.32 Å². The molecule has 2 N–H and O–H groups in total. The van der Waals surface area contributed by atoms with Crippen LogP contribution in [0.25, 0.3) is 10.8 Å². The molecule has 6 nitrogen and oxygen atoms in total. The topological polar surface area (TPSA) is 76.7 Å². The number of amides is 2. The summed E-state index contributed by atoms with van der Waals surface area (Å²) in [6, 6.07) is 16.8. The normalized spacial score (nSPS) is 11.2. The second-order valence-corrected chi connectivity index (χ2v) is 9.18. The number of carbonyl (C=O) groups excluding carboxylic acids is 2. The number of ether oxygens (including phenoxy) is 2. The zero-order valence-corrected chi connectivity index (χ0v) is 20.1. The van der Waals surface area contributed by atoms with Gasteiger partial charge in [0, 0.05) is 17.3 Å². The molecule has 7 heteroatoms. The Morgan fingerprint density at radius 3 is 2.36 bits per heavy atom. The van der Waals surface area contributed by atoms with Crippen LogP contribution in [0.2, 0.25) is 5.02 Å². The fraction of sp³-hybridized carbons (Fsp3) is 0.308. The zero-order valence-electron chi connectivity index (χ0n) is 19.3. The van der Waals surface area contributed by atoms with E-state index >= 15 is 0 Å². The Bertz CT molecular complexity index is 1150. The molecule has 0 saturated heterocycles. The summed E-state index contributed by atoms with van der Waals surface area (Å²) in [4.78, 5) is 24.9. The highest BCUT2D eigenvalue weighted by Crippen LogP contribution is 2.28. The molecule has 0 bridgehead atoms. The summed E-state index contributed by atoms with van der Waals surface area (Å²) >= 11 is 6.03. The number of aryl methyl sites for hydroxylation is 1. The molecule has 3 aromatic rings. The van der Waals surface area contributed by atoms with Crippen LogP contribution < -0.4 is 15.4 Å². The molecule has 0 spiro atoms. The van der Waals surface area contributed by atoms with Gasteiger partial charge in [0.25, 0.3) is 5.91 Å². The molecule has 3 aromatic carbocycles. The summed E-state index contributed by atoms with van der Waals surface area (Å²) in [6.45, 7) is 8.05. The van der Waals surface area contributed by atoms with Crippen LogP contribution in [0, 0.1) is 6.92 Å². The molecule has 33 heavy (non-hydrogen) atoms. The fourth-order valence-corrected chi connectivity index (χ4v) is 3.46. The average molecular weight is 469 g/mol. The first-order valence-corrected chi connectivity index (χ1v) is 11.2. The van der Waals surface area contributed by atoms with Crippen LogP contribution in [0.4, 0.5) is 10.5 Å². The lowest BCUT2D eigenvalue weighted by Crippen LogP contribution is -2.33. The van der Waals surface area contributed by atoms with Gasteiger partial charge < -0.3 is 20.1 Å². The van der Waals surface area contributed by atoms with E-state index in [2.05, 4.69) is 10.6 Å². The molecule has 0 aliphatic carbocycles. The maximum Gasteiger partial charge on any atom is 0.407 e. The van der Waals surface area contributed by atoms with Crippen molar-refractivity contribution in [3.05, 3.63) is 70.7 Å². The number of anilines is 1. The minimum atomic E-state index is -0.545. The maximum atomic E-state index is 13.1. The first-order chi connectivity index (χ1) is 15.6. The second-order valence-electron chi connectivity index (χ2n) is 8.74. The van der Waals surface area contributed by atoms with Crippen molar-refractivity contribution in [2.24, 2.45) is 0 Å². The Labute approximate surface area is 199 Å². The van der Waals surface area contributed by atoms with Crippen molar-refractivity contribution >= 4 is 40.1 Å². The van der Waals surface area contributed by atoms with E-state index in [-0.39, 0.29) is 5.91 Å². The Balaban J connectivity index is 1.70. The van der Waals surface area contributed by atoms with E-state index in [0.717, 1.165) is 16.3 Å². The van der Waals surface area contributed by atoms with Crippen molar-refractivity contribution in [3.8, 4) is 5.75 Å². The molecule has 0 saturated carbocycles. The quantitative estimate of drug-likeness (QED) is 0.396. The summed E-state index contributed by atoms with van der Waals surface area (Å²) in [5.41, 5.74) is 1.44. The van der Waals surface area contributed by atoms with Gasteiger partial charge in [-0.25, -0.2) is 4.79 Å². The molecule has 0 aliphatic rings. The van der Waals surface area contributed by atoms with Crippen molar-refractivity contribution in [2.45, 2.75) is 39.7 Å². The average Bonchev–Trinajstić information content (AvgIpc) is 2.73. The molecular formula is C26H29ClN2O4. The van der Waals surface area contributed by atoms with E-state index in [4.69, 9.17) is 21.1 Å². The molecule has 0 aliphatic heterocycles. The van der Waals surface area contributed by atoms with Gasteiger partial charge in [-0.1, -0.05) is 35.9 Å². The van der Waals surface area contributed by atoms with Gasteiger partial charge in [0.1, 0.15) is 11.4 Å². The summed E-state index contributed by atoms with van der Waals surface area (Å²) < 4.78 is 11.2. The molecule has 0 heterocycles. The summed E-state index contributed by atoms with van der Waals surface area (Å²) in [5.74, 6) is 0.211. The van der Waals surface area contributed by atoms with Crippen molar-refractivity contribution in [3.63, 3.8) is 0 Å². The fourth-order valence-electron chi connectivity index (χ4n) is 3.23. The molecule has 0 aromatic heterocycles. The molecule has 174 valence electrons. The molecule has 0 radical (unpaired) electrons. The number of fused-ring (bicyclic) bond motifs is 1. The van der Waals surface area contributed by atoms with E-state index in [0.29, 0.717) is 41.6 Å². The van der Waals surface area contributed by atoms with Crippen molar-refractivity contribution in [1.29, 1.82) is 0 Å². The Morgan fingerprint density at radius 1 is 1.00 bits per heavy atom. The van der Waals surface area contributed by atoms with Crippen LogP contribution in [-0.2, 0) is 4.74 Å². The molecule has 3 rings (SSSR count). The van der Waals surface area contributed by atoms with Gasteiger partial charge in [0.2, 0.25) is 0 Å². The number of rotatable bonds is 7. The van der Waals surface area contributed by atoms with Gasteiger partial charge in [-0.05, 0) is 80.8 Å². The highest BCUT2D eigenvalue weighted by molar-refractivity contribution is 6.30. The highest BCUT2D eigenvalue weighted by Gasteiger charge is 2.17. The van der Waals surface area contributed by atoms with E-state index in [1.54, 1.807) is 18.2 Å². The van der Waals surface area contributed by atoms with Crippen LogP contribution in [0.15, 0.2) is 54.6 Å². The van der Waals surface area contributed by atoms with Gasteiger partial charge in [-0.3, -0.25) is 4.79 Å². The number of benzene rings is 3. The van der Waals surface area contributed by atoms with E-state index in [9.17, 15) is 9.59 Å². The highest BCUT2D eigenvalue weighted by atomic mass is 35.5. The zero-order chi connectivity index (χ0) is 24.0. The van der Waals surface area contributed by atoms with Gasteiger partial charge in [-0.15, -0.1) is 0 Å². The number of hydrogen-bond acceptors (Lipinski definition) is 4. The summed E-state index contributed by atoms with van der Waals surface area (Å²) in [5, 5.41) is 8.17. The van der Waals surface area contributed by atoms with Crippen molar-refractivity contribution in [2.75, 3.05) is 18.5 Å². The number of halogens is 1. The number of hydrogen-bond donors (Lipinski definition) is 2. The predicted octanol–water partition coefficient (Wildman–Crippen LogP) is 6.35. The van der Waals surface area contributed by atoms with Crippen LogP contribution in [-0.4, -0.2) is 30.8 Å². The van der Waals surface area contributed by atoms with Crippen LogP contribution in [0.1, 0.15) is 43.1 Å². The summed E-state index contributed by atoms with van der Waals surface area (Å²) in [7, 11) is 0. The molecular weight excluding hydrogens is 440 g/mol. The van der Waals surface area contributed by atoms with E-state index < -0.39 is 11.7 Å². The van der Waals surface area contributed by atoms with Gasteiger partial charge >= 0.3 is 6.09 Å². The smallest absolute Gasteiger partial charge is 0.407 e. The summed E-state index contributed by atoms with van der Waals surface area (Å²) in [6.07, 6.45) is 0.0928. The lowest BCUT2D eigenvalue weighted by atomic mass is 10.0. The standard InChI is InChI=1S/C26H29ClN2O4/c1-17-14-20(27)10-11-22(17)29-24(30)21-15-18-8-5-6-9-19(18)16-23(21)32-13-7-12-28-25(31)33-26(2,3)4/h5-6,8-11,14-16H,7,12-13H2,1-4H3,(H,28,31)(H,29,30). The van der Waals surface area contributed by atoms with Crippen LogP contribution in [0.5, 0.6) is 5.75 Å². The van der Waals surface area contributed by atoms with Gasteiger partial charge in [0.05, 0.1) is 12.2 Å². The molecule has 0 unspecified atom stereocenters. The molecule has 2 amide bonds. The lowest BCUT2D eigenvalue weighted by molar-refractivity contribution is 0.0525.